The maximum Gasteiger partial charge on any atom is 0.321 e. The van der Waals surface area contributed by atoms with Gasteiger partial charge in [0.2, 0.25) is 5.91 Å². The van der Waals surface area contributed by atoms with E-state index in [9.17, 15) is 22.8 Å². The number of amides is 2. The highest BCUT2D eigenvalue weighted by molar-refractivity contribution is 6.00. The van der Waals surface area contributed by atoms with Crippen molar-refractivity contribution in [2.75, 3.05) is 4.90 Å². The van der Waals surface area contributed by atoms with E-state index in [-0.39, 0.29) is 12.3 Å². The van der Waals surface area contributed by atoms with E-state index in [1.54, 1.807) is 53.3 Å². The molecule has 3 heterocycles. The fraction of sp³-hybridized carbons (Fsp3) is 0.200. The van der Waals surface area contributed by atoms with Crippen LogP contribution < -0.4 is 10.2 Å². The van der Waals surface area contributed by atoms with Crippen LogP contribution in [0.1, 0.15) is 24.9 Å². The standard InChI is InChI=1S/C25H20F3N5O2/c1-25(27,28)24(35)31-19-12-22(34)32(23(19)15-5-3-2-4-6-15)18-8-9-20-16(11-18)13-30-33(20)21-10-7-17(26)14-29-21/h2-11,13-14,19,23H,12H2,1H3,(H,31,35)/t19-,23+/m1/s1. The van der Waals surface area contributed by atoms with Gasteiger partial charge in [0, 0.05) is 24.4 Å². The summed E-state index contributed by atoms with van der Waals surface area (Å²) >= 11 is 0. The van der Waals surface area contributed by atoms with Crippen LogP contribution in [-0.4, -0.2) is 38.5 Å². The second-order valence-electron chi connectivity index (χ2n) is 8.43. The molecule has 7 nitrogen and oxygen atoms in total. The molecule has 1 aliphatic rings. The van der Waals surface area contributed by atoms with E-state index in [4.69, 9.17) is 0 Å². The number of anilines is 1. The Morgan fingerprint density at radius 2 is 1.86 bits per heavy atom. The molecule has 35 heavy (non-hydrogen) atoms. The number of nitrogens with zero attached hydrogens (tertiary/aromatic N) is 4. The molecule has 2 atom stereocenters. The maximum atomic E-state index is 13.6. The summed E-state index contributed by atoms with van der Waals surface area (Å²) < 4.78 is 42.0. The van der Waals surface area contributed by atoms with Crippen molar-refractivity contribution in [1.82, 2.24) is 20.1 Å². The molecule has 1 N–H and O–H groups in total. The van der Waals surface area contributed by atoms with Crippen molar-refractivity contribution in [3.8, 4) is 5.82 Å². The molecular formula is C25H20F3N5O2. The minimum absolute atomic E-state index is 0.127. The van der Waals surface area contributed by atoms with Crippen molar-refractivity contribution >= 4 is 28.4 Å². The van der Waals surface area contributed by atoms with Gasteiger partial charge in [0.1, 0.15) is 5.82 Å². The lowest BCUT2D eigenvalue weighted by Gasteiger charge is -2.29. The average molecular weight is 479 g/mol. The van der Waals surface area contributed by atoms with Crippen molar-refractivity contribution in [2.45, 2.75) is 31.4 Å². The molecule has 4 aromatic rings. The van der Waals surface area contributed by atoms with E-state index < -0.39 is 29.7 Å². The molecule has 10 heteroatoms. The van der Waals surface area contributed by atoms with Gasteiger partial charge < -0.3 is 10.2 Å². The number of carbonyl (C=O) groups is 2. The molecular weight excluding hydrogens is 459 g/mol. The molecule has 0 unspecified atom stereocenters. The monoisotopic (exact) mass is 479 g/mol. The predicted molar refractivity (Wildman–Crippen MR) is 123 cm³/mol. The van der Waals surface area contributed by atoms with E-state index in [0.717, 1.165) is 6.20 Å². The summed E-state index contributed by atoms with van der Waals surface area (Å²) in [5.74, 6) is -5.34. The number of benzene rings is 2. The van der Waals surface area contributed by atoms with Crippen LogP contribution in [0.25, 0.3) is 16.7 Å². The smallest absolute Gasteiger partial charge is 0.321 e. The van der Waals surface area contributed by atoms with Crippen molar-refractivity contribution in [1.29, 1.82) is 0 Å². The topological polar surface area (TPSA) is 80.1 Å². The minimum Gasteiger partial charge on any atom is -0.345 e. The third-order valence-corrected chi connectivity index (χ3v) is 5.94. The molecule has 2 amide bonds. The van der Waals surface area contributed by atoms with Crippen LogP contribution in [0, 0.1) is 5.82 Å². The fourth-order valence-electron chi connectivity index (χ4n) is 4.34. The Balaban J connectivity index is 1.53. The Morgan fingerprint density at radius 3 is 2.54 bits per heavy atom. The third-order valence-electron chi connectivity index (χ3n) is 5.94. The summed E-state index contributed by atoms with van der Waals surface area (Å²) in [5.41, 5.74) is 1.92. The largest absolute Gasteiger partial charge is 0.345 e. The number of fused-ring (bicyclic) bond motifs is 1. The second kappa shape index (κ2) is 8.53. The normalized spacial score (nSPS) is 18.3. The summed E-state index contributed by atoms with van der Waals surface area (Å²) in [5, 5.41) is 7.38. The Hall–Kier alpha value is -4.21. The van der Waals surface area contributed by atoms with Crippen LogP contribution in [0.2, 0.25) is 0 Å². The van der Waals surface area contributed by atoms with Gasteiger partial charge in [-0.2, -0.15) is 13.9 Å². The van der Waals surface area contributed by atoms with E-state index in [1.165, 1.54) is 17.0 Å². The zero-order valence-electron chi connectivity index (χ0n) is 18.5. The zero-order valence-corrected chi connectivity index (χ0v) is 18.5. The second-order valence-corrected chi connectivity index (χ2v) is 8.43. The molecule has 0 saturated carbocycles. The first-order valence-corrected chi connectivity index (χ1v) is 10.9. The van der Waals surface area contributed by atoms with E-state index in [2.05, 4.69) is 15.4 Å². The average Bonchev–Trinajstić information content (AvgIpc) is 3.39. The van der Waals surface area contributed by atoms with Crippen molar-refractivity contribution < 1.29 is 22.8 Å². The first kappa shape index (κ1) is 22.6. The van der Waals surface area contributed by atoms with Gasteiger partial charge in [0.25, 0.3) is 5.91 Å². The number of pyridine rings is 1. The summed E-state index contributed by atoms with van der Waals surface area (Å²) in [6.07, 6.45) is 2.57. The molecule has 2 aromatic heterocycles. The van der Waals surface area contributed by atoms with E-state index >= 15 is 0 Å². The number of hydrogen-bond donors (Lipinski definition) is 1. The van der Waals surface area contributed by atoms with Gasteiger partial charge in [-0.25, -0.2) is 14.1 Å². The predicted octanol–water partition coefficient (Wildman–Crippen LogP) is 4.18. The zero-order chi connectivity index (χ0) is 24.7. The number of aromatic nitrogens is 3. The Kier molecular flexibility index (Phi) is 5.50. The molecule has 1 saturated heterocycles. The first-order valence-electron chi connectivity index (χ1n) is 10.9. The Labute approximate surface area is 198 Å². The highest BCUT2D eigenvalue weighted by atomic mass is 19.3. The van der Waals surface area contributed by atoms with Gasteiger partial charge in [0.15, 0.2) is 5.82 Å². The van der Waals surface area contributed by atoms with Crippen LogP contribution in [0.5, 0.6) is 0 Å². The van der Waals surface area contributed by atoms with Gasteiger partial charge in [-0.15, -0.1) is 0 Å². The lowest BCUT2D eigenvalue weighted by molar-refractivity contribution is -0.143. The fourth-order valence-corrected chi connectivity index (χ4v) is 4.34. The molecule has 0 aliphatic carbocycles. The van der Waals surface area contributed by atoms with E-state index in [0.29, 0.717) is 34.9 Å². The van der Waals surface area contributed by atoms with Crippen molar-refractivity contribution in [3.05, 3.63) is 84.4 Å². The molecule has 0 radical (unpaired) electrons. The summed E-state index contributed by atoms with van der Waals surface area (Å²) in [6.45, 7) is 0.524. The quantitative estimate of drug-likeness (QED) is 0.466. The van der Waals surface area contributed by atoms with Crippen LogP contribution in [0.3, 0.4) is 0 Å². The molecule has 1 aliphatic heterocycles. The third kappa shape index (κ3) is 4.23. The van der Waals surface area contributed by atoms with Gasteiger partial charge in [-0.1, -0.05) is 30.3 Å². The summed E-state index contributed by atoms with van der Waals surface area (Å²) in [4.78, 5) is 30.7. The maximum absolute atomic E-state index is 13.6. The number of nitrogens with one attached hydrogen (secondary N) is 1. The molecule has 5 rings (SSSR count). The van der Waals surface area contributed by atoms with Crippen LogP contribution >= 0.6 is 0 Å². The van der Waals surface area contributed by atoms with Crippen molar-refractivity contribution in [3.63, 3.8) is 0 Å². The van der Waals surface area contributed by atoms with Crippen LogP contribution in [-0.2, 0) is 9.59 Å². The first-order chi connectivity index (χ1) is 16.7. The molecule has 178 valence electrons. The van der Waals surface area contributed by atoms with Gasteiger partial charge in [0.05, 0.1) is 30.0 Å². The van der Waals surface area contributed by atoms with Crippen LogP contribution in [0.4, 0.5) is 18.9 Å². The van der Waals surface area contributed by atoms with Gasteiger partial charge in [-0.05, 0) is 35.9 Å². The molecule has 0 bridgehead atoms. The Morgan fingerprint density at radius 1 is 1.09 bits per heavy atom. The van der Waals surface area contributed by atoms with Crippen molar-refractivity contribution in [2.24, 2.45) is 0 Å². The summed E-state index contributed by atoms with van der Waals surface area (Å²) in [7, 11) is 0. The Bertz CT molecular complexity index is 1400. The minimum atomic E-state index is -3.57. The highest BCUT2D eigenvalue weighted by Crippen LogP contribution is 2.39. The van der Waals surface area contributed by atoms with E-state index in [1.807, 2.05) is 6.07 Å². The lowest BCUT2D eigenvalue weighted by Crippen LogP contribution is -2.46. The van der Waals surface area contributed by atoms with Gasteiger partial charge in [-0.3, -0.25) is 9.59 Å². The lowest BCUT2D eigenvalue weighted by atomic mass is 9.99. The summed E-state index contributed by atoms with van der Waals surface area (Å²) in [6, 6.07) is 15.4. The van der Waals surface area contributed by atoms with Crippen LogP contribution in [0.15, 0.2) is 73.1 Å². The number of alkyl halides is 2. The number of rotatable bonds is 5. The number of carbonyl (C=O) groups excluding carboxylic acids is 2. The molecule has 2 aromatic carbocycles. The molecule has 1 fully saturated rings. The van der Waals surface area contributed by atoms with Gasteiger partial charge >= 0.3 is 5.92 Å². The SMILES string of the molecule is CC(F)(F)C(=O)N[C@@H]1CC(=O)N(c2ccc3c(cnn3-c3ccc(F)cn3)c2)[C@H]1c1ccccc1. The number of hydrogen-bond acceptors (Lipinski definition) is 4. The molecule has 0 spiro atoms. The number of halogens is 3. The highest BCUT2D eigenvalue weighted by Gasteiger charge is 2.45.